The lowest BCUT2D eigenvalue weighted by Crippen LogP contribution is -2.27. The molecule has 0 saturated heterocycles. The second-order valence-corrected chi connectivity index (χ2v) is 7.64. The molecule has 0 amide bonds. The van der Waals surface area contributed by atoms with E-state index in [4.69, 9.17) is 23.2 Å². The third kappa shape index (κ3) is 4.12. The van der Waals surface area contributed by atoms with Gasteiger partial charge in [0.1, 0.15) is 0 Å². The van der Waals surface area contributed by atoms with Crippen LogP contribution >= 0.6 is 39.1 Å². The van der Waals surface area contributed by atoms with Crippen molar-refractivity contribution < 1.29 is 0 Å². The molecular weight excluding hydrogens is 343 g/mol. The van der Waals surface area contributed by atoms with Crippen molar-refractivity contribution in [2.24, 2.45) is 11.8 Å². The summed E-state index contributed by atoms with van der Waals surface area (Å²) in [6, 6.07) is 5.80. The summed E-state index contributed by atoms with van der Waals surface area (Å²) in [5.41, 5.74) is 1.12. The Balaban J connectivity index is 2.08. The Hall–Kier alpha value is 0.280. The maximum absolute atomic E-state index is 6.29. The molecule has 0 aliphatic heterocycles. The van der Waals surface area contributed by atoms with Crippen molar-refractivity contribution in [3.63, 3.8) is 0 Å². The molecule has 3 heteroatoms. The summed E-state index contributed by atoms with van der Waals surface area (Å²) >= 11 is 16.4. The van der Waals surface area contributed by atoms with Gasteiger partial charge in [0.05, 0.1) is 0 Å². The molecule has 19 heavy (non-hydrogen) atoms. The molecule has 1 aromatic rings. The van der Waals surface area contributed by atoms with E-state index in [2.05, 4.69) is 22.9 Å². The van der Waals surface area contributed by atoms with Crippen LogP contribution in [0.5, 0.6) is 0 Å². The minimum absolute atomic E-state index is 0.605. The number of rotatable bonds is 4. The summed E-state index contributed by atoms with van der Waals surface area (Å²) in [5.74, 6) is 1.53. The summed E-state index contributed by atoms with van der Waals surface area (Å²) in [7, 11) is 0. The predicted octanol–water partition coefficient (Wildman–Crippen LogP) is 6.52. The van der Waals surface area contributed by atoms with Crippen LogP contribution in [0.1, 0.15) is 44.6 Å². The van der Waals surface area contributed by atoms with Crippen molar-refractivity contribution in [2.45, 2.75) is 50.3 Å². The second-order valence-electron chi connectivity index (χ2n) is 5.65. The molecule has 1 aliphatic carbocycles. The molecule has 0 spiro atoms. The van der Waals surface area contributed by atoms with Crippen molar-refractivity contribution in [2.75, 3.05) is 0 Å². The fraction of sp³-hybridized carbons (Fsp3) is 0.625. The smallest absolute Gasteiger partial charge is 0.0452 e. The van der Waals surface area contributed by atoms with E-state index in [1.165, 1.54) is 32.1 Å². The van der Waals surface area contributed by atoms with Gasteiger partial charge in [-0.3, -0.25) is 0 Å². The number of hydrogen-bond donors (Lipinski definition) is 0. The highest BCUT2D eigenvalue weighted by Gasteiger charge is 2.29. The molecule has 0 aromatic heterocycles. The van der Waals surface area contributed by atoms with Crippen LogP contribution in [-0.4, -0.2) is 4.83 Å². The van der Waals surface area contributed by atoms with E-state index in [9.17, 15) is 0 Å². The summed E-state index contributed by atoms with van der Waals surface area (Å²) < 4.78 is 0. The topological polar surface area (TPSA) is 0 Å². The first-order valence-corrected chi connectivity index (χ1v) is 8.86. The lowest BCUT2D eigenvalue weighted by Gasteiger charge is -2.33. The van der Waals surface area contributed by atoms with Crippen LogP contribution in [0.2, 0.25) is 10.0 Å². The summed E-state index contributed by atoms with van der Waals surface area (Å²) in [6.45, 7) is 2.28. The minimum Gasteiger partial charge on any atom is -0.0888 e. The minimum atomic E-state index is 0.605. The number of hydrogen-bond acceptors (Lipinski definition) is 0. The third-order valence-corrected chi connectivity index (χ3v) is 6.14. The lowest BCUT2D eigenvalue weighted by atomic mass is 9.77. The first kappa shape index (κ1) is 15.7. The van der Waals surface area contributed by atoms with E-state index in [-0.39, 0.29) is 0 Å². The van der Waals surface area contributed by atoms with Crippen LogP contribution in [0.4, 0.5) is 0 Å². The van der Waals surface area contributed by atoms with Crippen molar-refractivity contribution >= 4 is 39.1 Å². The van der Waals surface area contributed by atoms with E-state index >= 15 is 0 Å². The molecule has 0 nitrogen and oxygen atoms in total. The summed E-state index contributed by atoms with van der Waals surface area (Å²) in [4.78, 5) is 0.605. The molecule has 1 fully saturated rings. The first-order valence-electron chi connectivity index (χ1n) is 7.18. The van der Waals surface area contributed by atoms with Gasteiger partial charge in [0.15, 0.2) is 0 Å². The average Bonchev–Trinajstić information content (AvgIpc) is 2.38. The number of alkyl halides is 1. The molecular formula is C16H21BrCl2. The van der Waals surface area contributed by atoms with Crippen molar-refractivity contribution in [1.29, 1.82) is 0 Å². The van der Waals surface area contributed by atoms with Crippen LogP contribution in [0, 0.1) is 11.8 Å². The Bertz CT molecular complexity index is 399. The van der Waals surface area contributed by atoms with Crippen molar-refractivity contribution in [1.82, 2.24) is 0 Å². The fourth-order valence-corrected chi connectivity index (χ4v) is 4.41. The molecule has 106 valence electrons. The molecule has 0 N–H and O–H groups in total. The first-order chi connectivity index (χ1) is 9.11. The Kier molecular flexibility index (Phi) is 6.05. The van der Waals surface area contributed by atoms with Crippen LogP contribution in [0.25, 0.3) is 0 Å². The van der Waals surface area contributed by atoms with Gasteiger partial charge in [0.25, 0.3) is 0 Å². The third-order valence-electron chi connectivity index (χ3n) is 4.22. The maximum Gasteiger partial charge on any atom is 0.0452 e. The zero-order chi connectivity index (χ0) is 13.8. The van der Waals surface area contributed by atoms with Crippen LogP contribution in [0.3, 0.4) is 0 Å². The van der Waals surface area contributed by atoms with Crippen molar-refractivity contribution in [3.8, 4) is 0 Å². The quantitative estimate of drug-likeness (QED) is 0.534. The monoisotopic (exact) mass is 362 g/mol. The Morgan fingerprint density at radius 1 is 1.21 bits per heavy atom. The normalized spacial score (nSPS) is 27.5. The van der Waals surface area contributed by atoms with E-state index in [0.717, 1.165) is 27.9 Å². The maximum atomic E-state index is 6.29. The van der Waals surface area contributed by atoms with E-state index in [0.29, 0.717) is 10.7 Å². The molecule has 0 heterocycles. The Morgan fingerprint density at radius 2 is 1.89 bits per heavy atom. The largest absolute Gasteiger partial charge is 0.0888 e. The zero-order valence-corrected chi connectivity index (χ0v) is 14.4. The highest BCUT2D eigenvalue weighted by atomic mass is 79.9. The molecule has 0 radical (unpaired) electrons. The van der Waals surface area contributed by atoms with Gasteiger partial charge in [-0.05, 0) is 55.2 Å². The second kappa shape index (κ2) is 7.33. The Labute approximate surface area is 135 Å². The van der Waals surface area contributed by atoms with E-state index in [1.807, 2.05) is 18.2 Å². The van der Waals surface area contributed by atoms with E-state index < -0.39 is 0 Å². The summed E-state index contributed by atoms with van der Waals surface area (Å²) in [5, 5.41) is 1.62. The lowest BCUT2D eigenvalue weighted by molar-refractivity contribution is 0.263. The SMILES string of the molecule is CCCC1CCC(Br)C(Cc2c(Cl)cccc2Cl)C1. The van der Waals surface area contributed by atoms with Gasteiger partial charge in [0.2, 0.25) is 0 Å². The molecule has 3 unspecified atom stereocenters. The predicted molar refractivity (Wildman–Crippen MR) is 88.6 cm³/mol. The molecule has 0 bridgehead atoms. The van der Waals surface area contributed by atoms with Crippen LogP contribution in [0.15, 0.2) is 18.2 Å². The molecule has 1 aromatic carbocycles. The zero-order valence-electron chi connectivity index (χ0n) is 11.3. The van der Waals surface area contributed by atoms with Crippen molar-refractivity contribution in [3.05, 3.63) is 33.8 Å². The standard InChI is InChI=1S/C16H21BrCl2/c1-2-4-11-7-8-14(17)12(9-11)10-13-15(18)5-3-6-16(13)19/h3,5-6,11-12,14H,2,4,7-10H2,1H3. The highest BCUT2D eigenvalue weighted by molar-refractivity contribution is 9.09. The molecule has 1 aliphatic rings. The van der Waals surface area contributed by atoms with Gasteiger partial charge in [0, 0.05) is 14.9 Å². The van der Waals surface area contributed by atoms with Crippen LogP contribution in [-0.2, 0) is 6.42 Å². The molecule has 3 atom stereocenters. The Morgan fingerprint density at radius 3 is 2.53 bits per heavy atom. The molecule has 1 saturated carbocycles. The van der Waals surface area contributed by atoms with Gasteiger partial charge < -0.3 is 0 Å². The number of benzene rings is 1. The van der Waals surface area contributed by atoms with Gasteiger partial charge in [-0.15, -0.1) is 0 Å². The van der Waals surface area contributed by atoms with E-state index in [1.54, 1.807) is 0 Å². The number of halogens is 3. The fourth-order valence-electron chi connectivity index (χ4n) is 3.20. The molecule has 2 rings (SSSR count). The van der Waals surface area contributed by atoms with Gasteiger partial charge in [-0.1, -0.05) is 65.0 Å². The van der Waals surface area contributed by atoms with Gasteiger partial charge in [-0.25, -0.2) is 0 Å². The van der Waals surface area contributed by atoms with Gasteiger partial charge >= 0.3 is 0 Å². The highest BCUT2D eigenvalue weighted by Crippen LogP contribution is 2.39. The van der Waals surface area contributed by atoms with Gasteiger partial charge in [-0.2, -0.15) is 0 Å². The average molecular weight is 364 g/mol. The summed E-state index contributed by atoms with van der Waals surface area (Å²) in [6.07, 6.45) is 7.57. The van der Waals surface area contributed by atoms with Crippen LogP contribution < -0.4 is 0 Å².